The van der Waals surface area contributed by atoms with E-state index in [2.05, 4.69) is 10.3 Å². The molecule has 1 saturated heterocycles. The third-order valence-electron chi connectivity index (χ3n) is 3.93. The molecule has 0 aliphatic carbocycles. The van der Waals surface area contributed by atoms with E-state index in [-0.39, 0.29) is 18.3 Å². The Morgan fingerprint density at radius 2 is 2.27 bits per heavy atom. The molecule has 0 radical (unpaired) electrons. The number of ether oxygens (including phenoxy) is 1. The van der Waals surface area contributed by atoms with E-state index in [4.69, 9.17) is 16.2 Å². The second kappa shape index (κ2) is 7.83. The number of hydrogen-bond donors (Lipinski definition) is 3. The number of benzene rings is 1. The number of carbonyl (C=O) groups excluding carboxylic acids is 1. The molecule has 1 aliphatic heterocycles. The van der Waals surface area contributed by atoms with Gasteiger partial charge in [0.25, 0.3) is 0 Å². The Morgan fingerprint density at radius 1 is 1.42 bits per heavy atom. The number of aromatic nitrogens is 1. The van der Waals surface area contributed by atoms with Gasteiger partial charge in [0.05, 0.1) is 17.9 Å². The summed E-state index contributed by atoms with van der Waals surface area (Å²) in [5, 5.41) is 2.84. The molecule has 0 saturated carbocycles. The third kappa shape index (κ3) is 4.09. The first kappa shape index (κ1) is 17.7. The number of allylic oxidation sites excluding steroid dienone is 1. The third-order valence-corrected chi connectivity index (χ3v) is 3.93. The lowest BCUT2D eigenvalue weighted by atomic mass is 10.2. The SMILES string of the molecule is NCC1CN(c2ccc(N/C=C(\N)Cc3ccccn3)c(F)c2)C(=O)O1. The highest BCUT2D eigenvalue weighted by Crippen LogP contribution is 2.26. The zero-order chi connectivity index (χ0) is 18.5. The second-order valence-electron chi connectivity index (χ2n) is 5.88. The number of nitrogens with one attached hydrogen (secondary N) is 1. The van der Waals surface area contributed by atoms with Crippen LogP contribution in [0.2, 0.25) is 0 Å². The van der Waals surface area contributed by atoms with E-state index < -0.39 is 11.9 Å². The smallest absolute Gasteiger partial charge is 0.414 e. The Morgan fingerprint density at radius 3 is 2.92 bits per heavy atom. The largest absolute Gasteiger partial charge is 0.443 e. The maximum atomic E-state index is 14.3. The molecule has 26 heavy (non-hydrogen) atoms. The van der Waals surface area contributed by atoms with E-state index in [9.17, 15) is 9.18 Å². The summed E-state index contributed by atoms with van der Waals surface area (Å²) >= 11 is 0. The summed E-state index contributed by atoms with van der Waals surface area (Å²) in [5.41, 5.74) is 13.4. The van der Waals surface area contributed by atoms with E-state index in [1.54, 1.807) is 12.3 Å². The predicted molar refractivity (Wildman–Crippen MR) is 96.9 cm³/mol. The monoisotopic (exact) mass is 357 g/mol. The average Bonchev–Trinajstić information content (AvgIpc) is 3.02. The first-order valence-corrected chi connectivity index (χ1v) is 8.15. The number of carbonyl (C=O) groups is 1. The molecular formula is C18H20FN5O2. The van der Waals surface area contributed by atoms with Crippen molar-refractivity contribution >= 4 is 17.5 Å². The van der Waals surface area contributed by atoms with Crippen LogP contribution in [-0.4, -0.2) is 30.3 Å². The molecule has 3 rings (SSSR count). The van der Waals surface area contributed by atoms with Gasteiger partial charge in [0.1, 0.15) is 11.9 Å². The van der Waals surface area contributed by atoms with E-state index in [1.165, 1.54) is 23.2 Å². The Labute approximate surface area is 150 Å². The number of pyridine rings is 1. The van der Waals surface area contributed by atoms with Gasteiger partial charge < -0.3 is 21.5 Å². The van der Waals surface area contributed by atoms with Crippen LogP contribution >= 0.6 is 0 Å². The van der Waals surface area contributed by atoms with Crippen molar-refractivity contribution in [2.75, 3.05) is 23.3 Å². The molecule has 1 aliphatic rings. The fourth-order valence-corrected chi connectivity index (χ4v) is 2.58. The van der Waals surface area contributed by atoms with Crippen LogP contribution in [0.5, 0.6) is 0 Å². The number of anilines is 2. The van der Waals surface area contributed by atoms with E-state index in [1.807, 2.05) is 18.2 Å². The van der Waals surface area contributed by atoms with Crippen LogP contribution < -0.4 is 21.7 Å². The number of halogens is 1. The lowest BCUT2D eigenvalue weighted by Crippen LogP contribution is -2.27. The summed E-state index contributed by atoms with van der Waals surface area (Å²) < 4.78 is 19.4. The number of hydrogen-bond acceptors (Lipinski definition) is 6. The predicted octanol–water partition coefficient (Wildman–Crippen LogP) is 1.96. The zero-order valence-electron chi connectivity index (χ0n) is 14.1. The minimum absolute atomic E-state index is 0.227. The van der Waals surface area contributed by atoms with Crippen LogP contribution in [0, 0.1) is 5.82 Å². The van der Waals surface area contributed by atoms with Crippen molar-refractivity contribution in [3.05, 3.63) is 66.0 Å². The molecule has 0 bridgehead atoms. The van der Waals surface area contributed by atoms with Gasteiger partial charge in [-0.1, -0.05) is 6.07 Å². The maximum Gasteiger partial charge on any atom is 0.414 e. The molecule has 1 amide bonds. The first-order chi connectivity index (χ1) is 12.6. The normalized spacial score (nSPS) is 17.3. The molecule has 5 N–H and O–H groups in total. The molecule has 2 heterocycles. The molecule has 0 spiro atoms. The van der Waals surface area contributed by atoms with Crippen molar-refractivity contribution in [2.45, 2.75) is 12.5 Å². The van der Waals surface area contributed by atoms with Crippen molar-refractivity contribution in [3.63, 3.8) is 0 Å². The maximum absolute atomic E-state index is 14.3. The molecular weight excluding hydrogens is 337 g/mol. The van der Waals surface area contributed by atoms with E-state index >= 15 is 0 Å². The summed E-state index contributed by atoms with van der Waals surface area (Å²) in [7, 11) is 0. The van der Waals surface area contributed by atoms with Crippen LogP contribution in [0.1, 0.15) is 5.69 Å². The Kier molecular flexibility index (Phi) is 5.33. The van der Waals surface area contributed by atoms with Crippen molar-refractivity contribution in [3.8, 4) is 0 Å². The van der Waals surface area contributed by atoms with Crippen molar-refractivity contribution < 1.29 is 13.9 Å². The molecule has 1 aromatic carbocycles. The van der Waals surface area contributed by atoms with Gasteiger partial charge >= 0.3 is 6.09 Å². The lowest BCUT2D eigenvalue weighted by Gasteiger charge is -2.14. The molecule has 1 fully saturated rings. The van der Waals surface area contributed by atoms with Crippen LogP contribution in [-0.2, 0) is 11.2 Å². The van der Waals surface area contributed by atoms with Gasteiger partial charge in [-0.3, -0.25) is 9.88 Å². The average molecular weight is 357 g/mol. The minimum Gasteiger partial charge on any atom is -0.443 e. The molecule has 8 heteroatoms. The van der Waals surface area contributed by atoms with Crippen molar-refractivity contribution in [2.24, 2.45) is 11.5 Å². The number of nitrogens with zero attached hydrogens (tertiary/aromatic N) is 2. The van der Waals surface area contributed by atoms with Gasteiger partial charge in [-0.05, 0) is 30.3 Å². The number of rotatable bonds is 6. The molecule has 2 aromatic rings. The topological polar surface area (TPSA) is 107 Å². The lowest BCUT2D eigenvalue weighted by molar-refractivity contribution is 0.145. The molecule has 1 aromatic heterocycles. The summed E-state index contributed by atoms with van der Waals surface area (Å²) in [5.74, 6) is -0.506. The van der Waals surface area contributed by atoms with Crippen LogP contribution in [0.3, 0.4) is 0 Å². The number of amides is 1. The fourth-order valence-electron chi connectivity index (χ4n) is 2.58. The number of cyclic esters (lactones) is 1. The summed E-state index contributed by atoms with van der Waals surface area (Å²) in [6.45, 7) is 0.531. The molecule has 1 unspecified atom stereocenters. The minimum atomic E-state index is -0.528. The van der Waals surface area contributed by atoms with E-state index in [0.717, 1.165) is 5.69 Å². The second-order valence-corrected chi connectivity index (χ2v) is 5.88. The van der Waals surface area contributed by atoms with Gasteiger partial charge in [0.15, 0.2) is 0 Å². The summed E-state index contributed by atoms with van der Waals surface area (Å²) in [6, 6.07) is 10.0. The highest BCUT2D eigenvalue weighted by atomic mass is 19.1. The van der Waals surface area contributed by atoms with Gasteiger partial charge in [0, 0.05) is 36.8 Å². The molecule has 1 atom stereocenters. The van der Waals surface area contributed by atoms with Crippen LogP contribution in [0.25, 0.3) is 0 Å². The van der Waals surface area contributed by atoms with Crippen molar-refractivity contribution in [1.82, 2.24) is 4.98 Å². The Bertz CT molecular complexity index is 812. The summed E-state index contributed by atoms with van der Waals surface area (Å²) in [4.78, 5) is 17.4. The van der Waals surface area contributed by atoms with Gasteiger partial charge in [-0.15, -0.1) is 0 Å². The molecule has 136 valence electrons. The van der Waals surface area contributed by atoms with Gasteiger partial charge in [-0.2, -0.15) is 0 Å². The Hall–Kier alpha value is -3.13. The Balaban J connectivity index is 1.66. The zero-order valence-corrected chi connectivity index (χ0v) is 14.1. The van der Waals surface area contributed by atoms with Gasteiger partial charge in [-0.25, -0.2) is 9.18 Å². The standard InChI is InChI=1S/C18H20FN5O2/c19-16-8-14(24-11-15(9-20)26-18(24)25)4-5-17(16)23-10-12(21)7-13-3-1-2-6-22-13/h1-6,8,10,15,23H,7,9,11,20-21H2/b12-10-. The number of nitrogens with two attached hydrogens (primary N) is 2. The highest BCUT2D eigenvalue weighted by Gasteiger charge is 2.31. The van der Waals surface area contributed by atoms with Crippen molar-refractivity contribution in [1.29, 1.82) is 0 Å². The fraction of sp³-hybridized carbons (Fsp3) is 0.222. The highest BCUT2D eigenvalue weighted by molar-refractivity contribution is 5.90. The summed E-state index contributed by atoms with van der Waals surface area (Å²) in [6.07, 6.45) is 2.76. The quantitative estimate of drug-likeness (QED) is 0.730. The van der Waals surface area contributed by atoms with E-state index in [0.29, 0.717) is 24.4 Å². The van der Waals surface area contributed by atoms with Crippen LogP contribution in [0.4, 0.5) is 20.6 Å². The molecule has 7 nitrogen and oxygen atoms in total. The first-order valence-electron chi connectivity index (χ1n) is 8.15. The van der Waals surface area contributed by atoms with Crippen LogP contribution in [0.15, 0.2) is 54.5 Å². The van der Waals surface area contributed by atoms with Gasteiger partial charge in [0.2, 0.25) is 0 Å².